The van der Waals surface area contributed by atoms with Crippen molar-refractivity contribution in [3.8, 4) is 0 Å². The molecule has 1 aliphatic carbocycles. The van der Waals surface area contributed by atoms with Crippen molar-refractivity contribution in [2.24, 2.45) is 5.73 Å². The minimum absolute atomic E-state index is 0.0858. The first kappa shape index (κ1) is 14.8. The number of carbonyl (C=O) groups excluding carboxylic acids is 1. The van der Waals surface area contributed by atoms with Crippen LogP contribution >= 0.6 is 0 Å². The van der Waals surface area contributed by atoms with Crippen molar-refractivity contribution in [1.82, 2.24) is 0 Å². The molecule has 0 saturated carbocycles. The van der Waals surface area contributed by atoms with Crippen molar-refractivity contribution < 1.29 is 4.79 Å². The number of amides is 1. The van der Waals surface area contributed by atoms with Crippen molar-refractivity contribution in [2.75, 3.05) is 0 Å². The second kappa shape index (κ2) is 4.20. The average Bonchev–Trinajstić information content (AvgIpc) is 2.75. The lowest BCUT2D eigenvalue weighted by molar-refractivity contribution is -0.120. The summed E-state index contributed by atoms with van der Waals surface area (Å²) in [6.45, 7) is 11.8. The first-order valence-corrected chi connectivity index (χ1v) is 14.9. The Labute approximate surface area is 129 Å². The minimum Gasteiger partial charge on any atom is -0.369 e. The molecule has 1 unspecified atom stereocenters. The predicted octanol–water partition coefficient (Wildman–Crippen LogP) is 3.42. The van der Waals surface area contributed by atoms with Gasteiger partial charge in [0.2, 0.25) is 5.91 Å². The fourth-order valence-electron chi connectivity index (χ4n) is 4.44. The summed E-state index contributed by atoms with van der Waals surface area (Å²) in [5, 5.41) is -0.352. The summed E-state index contributed by atoms with van der Waals surface area (Å²) in [4.78, 5) is 12.5. The summed E-state index contributed by atoms with van der Waals surface area (Å²) in [5.41, 5.74) is 11.3. The molecular weight excluding hydrogens is 290 g/mol. The lowest BCUT2D eigenvalue weighted by Crippen LogP contribution is -2.82. The van der Waals surface area contributed by atoms with Gasteiger partial charge in [-0.2, -0.15) is 0 Å². The number of allylic oxidation sites excluding steroid dienone is 1. The lowest BCUT2D eigenvalue weighted by atomic mass is 9.91. The quantitative estimate of drug-likeness (QED) is 0.835. The van der Waals surface area contributed by atoms with Crippen LogP contribution < -0.4 is 5.73 Å². The maximum absolute atomic E-state index is 12.5. The highest BCUT2D eigenvalue weighted by molar-refractivity contribution is 7.47. The van der Waals surface area contributed by atoms with Crippen molar-refractivity contribution in [2.45, 2.75) is 50.6 Å². The molecule has 112 valence electrons. The van der Waals surface area contributed by atoms with E-state index < -0.39 is 15.2 Å². The zero-order valence-electron chi connectivity index (χ0n) is 13.7. The highest BCUT2D eigenvalue weighted by atomic mass is 29.3. The van der Waals surface area contributed by atoms with Crippen LogP contribution in [0.15, 0.2) is 23.8 Å². The van der Waals surface area contributed by atoms with E-state index >= 15 is 0 Å². The van der Waals surface area contributed by atoms with E-state index in [0.29, 0.717) is 0 Å². The molecule has 1 aliphatic heterocycles. The van der Waals surface area contributed by atoms with Crippen molar-refractivity contribution in [3.05, 3.63) is 40.5 Å². The summed E-state index contributed by atoms with van der Waals surface area (Å²) < 4.78 is 0. The monoisotopic (exact) mass is 315 g/mol. The Hall–Kier alpha value is -1.14. The maximum Gasteiger partial charge on any atom is 0.224 e. The zero-order chi connectivity index (χ0) is 15.6. The van der Waals surface area contributed by atoms with Gasteiger partial charge in [0.05, 0.1) is 12.6 Å². The van der Waals surface area contributed by atoms with Gasteiger partial charge in [-0.1, -0.05) is 56.0 Å². The Morgan fingerprint density at radius 3 is 2.43 bits per heavy atom. The van der Waals surface area contributed by atoms with E-state index in [2.05, 4.69) is 57.4 Å². The Kier molecular flexibility index (Phi) is 2.96. The predicted molar refractivity (Wildman–Crippen MR) is 94.4 cm³/mol. The van der Waals surface area contributed by atoms with Crippen LogP contribution in [0.2, 0.25) is 32.2 Å². The van der Waals surface area contributed by atoms with E-state index in [9.17, 15) is 4.79 Å². The highest BCUT2D eigenvalue weighted by Gasteiger charge is 2.70. The summed E-state index contributed by atoms with van der Waals surface area (Å²) in [6, 6.07) is 7.49. The molecule has 3 rings (SSSR count). The highest BCUT2D eigenvalue weighted by Crippen LogP contribution is 2.57. The maximum atomic E-state index is 12.5. The Balaban J connectivity index is 2.24. The third-order valence-corrected chi connectivity index (χ3v) is 26.3. The first-order chi connectivity index (χ1) is 9.63. The molecule has 1 aromatic carbocycles. The molecule has 2 N–H and O–H groups in total. The molecule has 1 amide bonds. The largest absolute Gasteiger partial charge is 0.369 e. The fourth-order valence-corrected chi connectivity index (χ4v) is 17.6. The molecule has 0 aromatic heterocycles. The van der Waals surface area contributed by atoms with Gasteiger partial charge in [0, 0.05) is 7.59 Å². The molecule has 2 nitrogen and oxygen atoms in total. The van der Waals surface area contributed by atoms with Crippen LogP contribution in [-0.4, -0.2) is 21.1 Å². The normalized spacial score (nSPS) is 28.5. The van der Waals surface area contributed by atoms with Crippen LogP contribution in [0.3, 0.4) is 0 Å². The number of benzene rings is 1. The van der Waals surface area contributed by atoms with Crippen molar-refractivity contribution >= 4 is 27.2 Å². The van der Waals surface area contributed by atoms with Gasteiger partial charge in [0.1, 0.15) is 0 Å². The molecule has 0 bridgehead atoms. The standard InChI is InChI=1S/C17H25NOSi2/c1-12-9-13-7-6-8-15(14(13)10-12)17(16(18)19)11-20(2,3)21(17,4)5/h6-8,10H,9,11H2,1-5H3,(H2,18,19). The van der Waals surface area contributed by atoms with Gasteiger partial charge in [-0.05, 0) is 36.1 Å². The van der Waals surface area contributed by atoms with E-state index in [1.165, 1.54) is 22.3 Å². The molecule has 1 fully saturated rings. The molecule has 0 spiro atoms. The number of carbonyl (C=O) groups is 1. The van der Waals surface area contributed by atoms with E-state index in [0.717, 1.165) is 12.5 Å². The third kappa shape index (κ3) is 1.66. The molecule has 0 radical (unpaired) electrons. The molecule has 1 aromatic rings. The van der Waals surface area contributed by atoms with Gasteiger partial charge in [-0.3, -0.25) is 4.79 Å². The number of hydrogen-bond donors (Lipinski definition) is 1. The minimum atomic E-state index is -1.69. The number of primary amides is 1. The lowest BCUT2D eigenvalue weighted by Gasteiger charge is -2.63. The van der Waals surface area contributed by atoms with Gasteiger partial charge >= 0.3 is 0 Å². The van der Waals surface area contributed by atoms with Gasteiger partial charge < -0.3 is 5.73 Å². The van der Waals surface area contributed by atoms with Crippen LogP contribution in [-0.2, 0) is 16.3 Å². The third-order valence-electron chi connectivity index (χ3n) is 6.40. The van der Waals surface area contributed by atoms with Crippen LogP contribution in [0, 0.1) is 0 Å². The Bertz CT molecular complexity index is 675. The van der Waals surface area contributed by atoms with Crippen molar-refractivity contribution in [3.63, 3.8) is 0 Å². The molecule has 1 saturated heterocycles. The fraction of sp³-hybridized carbons (Fsp3) is 0.471. The van der Waals surface area contributed by atoms with Crippen LogP contribution in [0.25, 0.3) is 6.08 Å². The summed E-state index contributed by atoms with van der Waals surface area (Å²) in [7, 11) is -2.98. The summed E-state index contributed by atoms with van der Waals surface area (Å²) >= 11 is 0. The molecule has 2 aliphatic rings. The second-order valence-corrected chi connectivity index (χ2v) is 24.0. The summed E-state index contributed by atoms with van der Waals surface area (Å²) in [6.07, 6.45) is 3.29. The molecule has 21 heavy (non-hydrogen) atoms. The number of fused-ring (bicyclic) bond motifs is 1. The first-order valence-electron chi connectivity index (χ1n) is 7.73. The van der Waals surface area contributed by atoms with Gasteiger partial charge in [0.15, 0.2) is 0 Å². The van der Waals surface area contributed by atoms with Gasteiger partial charge in [0.25, 0.3) is 0 Å². The SMILES string of the molecule is CC1=Cc2c(cccc2C2(C(N)=O)C[Si](C)(C)[Si]2(C)C)C1. The zero-order valence-corrected chi connectivity index (χ0v) is 15.7. The van der Waals surface area contributed by atoms with Crippen LogP contribution in [0.1, 0.15) is 23.6 Å². The molecule has 4 heteroatoms. The Morgan fingerprint density at radius 2 is 1.90 bits per heavy atom. The van der Waals surface area contributed by atoms with E-state index in [4.69, 9.17) is 5.73 Å². The van der Waals surface area contributed by atoms with E-state index in [1.807, 2.05) is 0 Å². The van der Waals surface area contributed by atoms with Gasteiger partial charge in [-0.15, -0.1) is 0 Å². The molecular formula is C17H25NOSi2. The smallest absolute Gasteiger partial charge is 0.224 e. The van der Waals surface area contributed by atoms with Crippen LogP contribution in [0.4, 0.5) is 0 Å². The Morgan fingerprint density at radius 1 is 1.24 bits per heavy atom. The molecule has 1 atom stereocenters. The van der Waals surface area contributed by atoms with Crippen molar-refractivity contribution in [1.29, 1.82) is 0 Å². The van der Waals surface area contributed by atoms with E-state index in [1.54, 1.807) is 0 Å². The number of nitrogens with two attached hydrogens (primary N) is 1. The average molecular weight is 316 g/mol. The van der Waals surface area contributed by atoms with E-state index in [-0.39, 0.29) is 10.9 Å². The topological polar surface area (TPSA) is 43.1 Å². The summed E-state index contributed by atoms with van der Waals surface area (Å²) in [5.74, 6) is -0.0858. The molecule has 1 heterocycles. The number of rotatable bonds is 2. The van der Waals surface area contributed by atoms with Crippen LogP contribution in [0.5, 0.6) is 0 Å². The second-order valence-electron chi connectivity index (χ2n) is 8.00. The number of hydrogen-bond acceptors (Lipinski definition) is 1. The van der Waals surface area contributed by atoms with Gasteiger partial charge in [-0.25, -0.2) is 0 Å².